The summed E-state index contributed by atoms with van der Waals surface area (Å²) in [4.78, 5) is 0. The van der Waals surface area contributed by atoms with Gasteiger partial charge in [0.25, 0.3) is 0 Å². The van der Waals surface area contributed by atoms with Gasteiger partial charge >= 0.3 is 0 Å². The third kappa shape index (κ3) is 4.07. The van der Waals surface area contributed by atoms with E-state index in [9.17, 15) is 0 Å². The minimum absolute atomic E-state index is 0.369. The molecule has 0 aliphatic carbocycles. The zero-order valence-corrected chi connectivity index (χ0v) is 9.34. The van der Waals surface area contributed by atoms with Gasteiger partial charge in [-0.3, -0.25) is 0 Å². The summed E-state index contributed by atoms with van der Waals surface area (Å²) in [5, 5.41) is 6.71. The highest BCUT2D eigenvalue weighted by atomic mass is 16.5. The molecule has 0 bridgehead atoms. The fourth-order valence-electron chi connectivity index (χ4n) is 1.90. The molecule has 2 N–H and O–H groups in total. The van der Waals surface area contributed by atoms with Crippen LogP contribution in [0.1, 0.15) is 19.3 Å². The summed E-state index contributed by atoms with van der Waals surface area (Å²) < 4.78 is 11.0. The topological polar surface area (TPSA) is 42.5 Å². The van der Waals surface area contributed by atoms with E-state index in [4.69, 9.17) is 9.47 Å². The molecule has 4 heteroatoms. The summed E-state index contributed by atoms with van der Waals surface area (Å²) in [6, 6.07) is 0.697. The van der Waals surface area contributed by atoms with Crippen LogP contribution >= 0.6 is 0 Å². The molecule has 2 heterocycles. The maximum atomic E-state index is 5.57. The van der Waals surface area contributed by atoms with Gasteiger partial charge in [-0.2, -0.15) is 0 Å². The lowest BCUT2D eigenvalue weighted by atomic mass is 10.2. The van der Waals surface area contributed by atoms with Gasteiger partial charge in [-0.15, -0.1) is 0 Å². The molecule has 15 heavy (non-hydrogen) atoms. The Morgan fingerprint density at radius 3 is 3.00 bits per heavy atom. The maximum Gasteiger partial charge on any atom is 0.0809 e. The van der Waals surface area contributed by atoms with Crippen molar-refractivity contribution in [2.24, 2.45) is 0 Å². The monoisotopic (exact) mass is 214 g/mol. The van der Waals surface area contributed by atoms with Crippen molar-refractivity contribution in [3.63, 3.8) is 0 Å². The lowest BCUT2D eigenvalue weighted by molar-refractivity contribution is 0.0164. The van der Waals surface area contributed by atoms with Gasteiger partial charge in [-0.05, 0) is 25.8 Å². The molecule has 0 spiro atoms. The van der Waals surface area contributed by atoms with Crippen LogP contribution in [0.3, 0.4) is 0 Å². The summed E-state index contributed by atoms with van der Waals surface area (Å²) in [5.74, 6) is 0. The number of hydrogen-bond acceptors (Lipinski definition) is 4. The molecule has 4 nitrogen and oxygen atoms in total. The molecule has 0 radical (unpaired) electrons. The average molecular weight is 214 g/mol. The molecule has 0 aromatic heterocycles. The first-order valence-corrected chi connectivity index (χ1v) is 6.08. The molecule has 0 aromatic rings. The molecular weight excluding hydrogens is 192 g/mol. The van der Waals surface area contributed by atoms with Crippen LogP contribution in [0.4, 0.5) is 0 Å². The third-order valence-corrected chi connectivity index (χ3v) is 3.01. The summed E-state index contributed by atoms with van der Waals surface area (Å²) in [7, 11) is 0. The fraction of sp³-hybridized carbons (Fsp3) is 1.00. The second-order valence-electron chi connectivity index (χ2n) is 4.37. The molecule has 2 fully saturated rings. The second-order valence-corrected chi connectivity index (χ2v) is 4.37. The second kappa shape index (κ2) is 6.43. The standard InChI is InChI=1S/C11H22N2O2/c1-3-11(15-6-1)9-14-5-2-4-13-10-7-12-8-10/h10-13H,1-9H2. The number of ether oxygens (including phenoxy) is 2. The van der Waals surface area contributed by atoms with Gasteiger partial charge in [-0.1, -0.05) is 0 Å². The third-order valence-electron chi connectivity index (χ3n) is 3.01. The molecule has 88 valence electrons. The van der Waals surface area contributed by atoms with E-state index < -0.39 is 0 Å². The normalized spacial score (nSPS) is 26.8. The number of rotatable bonds is 7. The van der Waals surface area contributed by atoms with Crippen molar-refractivity contribution < 1.29 is 9.47 Å². The molecule has 1 unspecified atom stereocenters. The first-order chi connectivity index (χ1) is 7.45. The summed E-state index contributed by atoms with van der Waals surface area (Å²) in [6.07, 6.45) is 3.84. The van der Waals surface area contributed by atoms with E-state index in [0.29, 0.717) is 12.1 Å². The van der Waals surface area contributed by atoms with Crippen LogP contribution in [-0.2, 0) is 9.47 Å². The predicted octanol–water partition coefficient (Wildman–Crippen LogP) is 0.134. The van der Waals surface area contributed by atoms with E-state index in [0.717, 1.165) is 45.9 Å². The molecule has 1 atom stereocenters. The van der Waals surface area contributed by atoms with E-state index >= 15 is 0 Å². The Morgan fingerprint density at radius 2 is 2.33 bits per heavy atom. The van der Waals surface area contributed by atoms with Gasteiger partial charge in [0, 0.05) is 32.3 Å². The van der Waals surface area contributed by atoms with E-state index in [1.165, 1.54) is 12.8 Å². The highest BCUT2D eigenvalue weighted by molar-refractivity contribution is 4.80. The smallest absolute Gasteiger partial charge is 0.0809 e. The van der Waals surface area contributed by atoms with Gasteiger partial charge in [0.1, 0.15) is 0 Å². The Hall–Kier alpha value is -0.160. The van der Waals surface area contributed by atoms with Crippen LogP contribution in [-0.4, -0.2) is 51.6 Å². The molecule has 2 aliphatic heterocycles. The lowest BCUT2D eigenvalue weighted by Crippen LogP contribution is -2.55. The first-order valence-electron chi connectivity index (χ1n) is 6.08. The van der Waals surface area contributed by atoms with Crippen LogP contribution in [0.15, 0.2) is 0 Å². The minimum atomic E-state index is 0.369. The van der Waals surface area contributed by atoms with Gasteiger partial charge in [-0.25, -0.2) is 0 Å². The van der Waals surface area contributed by atoms with Crippen molar-refractivity contribution in [1.29, 1.82) is 0 Å². The SMILES string of the molecule is C(CNC1CNC1)COCC1CCCO1. The van der Waals surface area contributed by atoms with Crippen molar-refractivity contribution in [3.8, 4) is 0 Å². The Labute approximate surface area is 91.7 Å². The number of nitrogens with one attached hydrogen (secondary N) is 2. The van der Waals surface area contributed by atoms with Gasteiger partial charge in [0.05, 0.1) is 12.7 Å². The Bertz CT molecular complexity index is 168. The summed E-state index contributed by atoms with van der Waals surface area (Å²) in [5.41, 5.74) is 0. The zero-order valence-electron chi connectivity index (χ0n) is 9.34. The summed E-state index contributed by atoms with van der Waals surface area (Å²) in [6.45, 7) is 5.87. The van der Waals surface area contributed by atoms with E-state index in [-0.39, 0.29) is 0 Å². The Kier molecular flexibility index (Phi) is 4.86. The van der Waals surface area contributed by atoms with Crippen LogP contribution in [0.5, 0.6) is 0 Å². The molecule has 0 saturated carbocycles. The average Bonchev–Trinajstić information content (AvgIpc) is 2.66. The zero-order chi connectivity index (χ0) is 10.3. The van der Waals surface area contributed by atoms with E-state index in [1.807, 2.05) is 0 Å². The van der Waals surface area contributed by atoms with E-state index in [1.54, 1.807) is 0 Å². The van der Waals surface area contributed by atoms with Crippen LogP contribution in [0.2, 0.25) is 0 Å². The first kappa shape index (κ1) is 11.3. The Morgan fingerprint density at radius 1 is 1.40 bits per heavy atom. The quantitative estimate of drug-likeness (QED) is 0.591. The van der Waals surface area contributed by atoms with Crippen LogP contribution in [0, 0.1) is 0 Å². The minimum Gasteiger partial charge on any atom is -0.379 e. The molecule has 2 saturated heterocycles. The van der Waals surface area contributed by atoms with Gasteiger partial charge < -0.3 is 20.1 Å². The molecule has 0 amide bonds. The number of hydrogen-bond donors (Lipinski definition) is 2. The van der Waals surface area contributed by atoms with Gasteiger partial charge in [0.2, 0.25) is 0 Å². The molecular formula is C11H22N2O2. The lowest BCUT2D eigenvalue weighted by Gasteiger charge is -2.28. The van der Waals surface area contributed by atoms with E-state index in [2.05, 4.69) is 10.6 Å². The molecule has 2 aliphatic rings. The maximum absolute atomic E-state index is 5.57. The van der Waals surface area contributed by atoms with Crippen LogP contribution < -0.4 is 10.6 Å². The predicted molar refractivity (Wildman–Crippen MR) is 59.1 cm³/mol. The van der Waals surface area contributed by atoms with Crippen molar-refractivity contribution in [3.05, 3.63) is 0 Å². The van der Waals surface area contributed by atoms with Crippen molar-refractivity contribution in [2.75, 3.05) is 39.5 Å². The summed E-state index contributed by atoms with van der Waals surface area (Å²) >= 11 is 0. The highest BCUT2D eigenvalue weighted by Crippen LogP contribution is 2.11. The van der Waals surface area contributed by atoms with Crippen molar-refractivity contribution in [1.82, 2.24) is 10.6 Å². The molecule has 2 rings (SSSR count). The largest absolute Gasteiger partial charge is 0.379 e. The highest BCUT2D eigenvalue weighted by Gasteiger charge is 2.16. The molecule has 0 aromatic carbocycles. The Balaban J connectivity index is 1.35. The van der Waals surface area contributed by atoms with Gasteiger partial charge in [0.15, 0.2) is 0 Å². The van der Waals surface area contributed by atoms with Crippen molar-refractivity contribution in [2.45, 2.75) is 31.4 Å². The fourth-order valence-corrected chi connectivity index (χ4v) is 1.90. The van der Waals surface area contributed by atoms with Crippen molar-refractivity contribution >= 4 is 0 Å². The van der Waals surface area contributed by atoms with Crippen LogP contribution in [0.25, 0.3) is 0 Å².